The minimum atomic E-state index is 0.553. The molecular formula is C52H52N2. The topological polar surface area (TPSA) is 49.9 Å². The normalized spacial score (nSPS) is 10.7. The fourth-order valence-electron chi connectivity index (χ4n) is 7.55. The largest absolute Gasteiger partial charge is 0.333 e. The highest BCUT2D eigenvalue weighted by Gasteiger charge is 2.21. The summed E-state index contributed by atoms with van der Waals surface area (Å²) >= 11 is 0. The Morgan fingerprint density at radius 1 is 0.426 bits per heavy atom. The number of benzene rings is 7. The van der Waals surface area contributed by atoms with Gasteiger partial charge in [-0.25, -0.2) is 0 Å². The molecule has 0 bridgehead atoms. The number of unbranched alkanes of at least 4 members (excludes halogenated alkanes) is 3. The zero-order valence-corrected chi connectivity index (χ0v) is 32.0. The Bertz CT molecular complexity index is 2250. The van der Waals surface area contributed by atoms with E-state index in [9.17, 15) is 5.41 Å². The highest BCUT2D eigenvalue weighted by molar-refractivity contribution is 6.18. The van der Waals surface area contributed by atoms with Crippen molar-refractivity contribution in [3.63, 3.8) is 0 Å². The van der Waals surface area contributed by atoms with Crippen LogP contribution in [0, 0.1) is 19.3 Å². The Kier molecular flexibility index (Phi) is 13.2. The minimum absolute atomic E-state index is 0.553. The number of hydrogen-bond acceptors (Lipinski definition) is 2. The second-order valence-electron chi connectivity index (χ2n) is 14.0. The molecule has 2 heteroatoms. The van der Waals surface area contributed by atoms with E-state index in [0.29, 0.717) is 5.71 Å². The molecule has 0 aliphatic carbocycles. The predicted molar refractivity (Wildman–Crippen MR) is 232 cm³/mol. The lowest BCUT2D eigenvalue weighted by atomic mass is 9.82. The summed E-state index contributed by atoms with van der Waals surface area (Å²) in [4.78, 5) is 0. The first-order valence-electron chi connectivity index (χ1n) is 19.3. The summed E-state index contributed by atoms with van der Waals surface area (Å²) < 4.78 is 0. The third-order valence-electron chi connectivity index (χ3n) is 10.3. The van der Waals surface area contributed by atoms with Crippen LogP contribution in [-0.4, -0.2) is 12.8 Å². The van der Waals surface area contributed by atoms with Crippen LogP contribution < -0.4 is 5.73 Å². The monoisotopic (exact) mass is 704 g/mol. The summed E-state index contributed by atoms with van der Waals surface area (Å²) in [6.45, 7) is 4.24. The first-order valence-corrected chi connectivity index (χ1v) is 19.3. The molecule has 7 aromatic carbocycles. The lowest BCUT2D eigenvalue weighted by Gasteiger charge is -2.21. The Morgan fingerprint density at radius 2 is 0.907 bits per heavy atom. The van der Waals surface area contributed by atoms with Gasteiger partial charge in [-0.2, -0.15) is 0 Å². The summed E-state index contributed by atoms with van der Waals surface area (Å²) in [5.74, 6) is 0. The number of aryl methyl sites for hydroxylation is 4. The first kappa shape index (κ1) is 37.9. The van der Waals surface area contributed by atoms with E-state index in [2.05, 4.69) is 189 Å². The fourth-order valence-corrected chi connectivity index (χ4v) is 7.55. The maximum Gasteiger partial charge on any atom is 0.0696 e. The third-order valence-corrected chi connectivity index (χ3v) is 10.3. The molecule has 2 nitrogen and oxygen atoms in total. The van der Waals surface area contributed by atoms with Gasteiger partial charge in [0.2, 0.25) is 0 Å². The molecule has 3 N–H and O–H groups in total. The Labute approximate surface area is 322 Å². The van der Waals surface area contributed by atoms with Crippen LogP contribution in [0.2, 0.25) is 0 Å². The van der Waals surface area contributed by atoms with E-state index in [1.54, 1.807) is 0 Å². The van der Waals surface area contributed by atoms with E-state index in [4.69, 9.17) is 0 Å². The van der Waals surface area contributed by atoms with Crippen molar-refractivity contribution < 1.29 is 0 Å². The van der Waals surface area contributed by atoms with Gasteiger partial charge in [-0.1, -0.05) is 165 Å². The molecular weight excluding hydrogens is 653 g/mol. The van der Waals surface area contributed by atoms with Gasteiger partial charge in [0.25, 0.3) is 0 Å². The van der Waals surface area contributed by atoms with Gasteiger partial charge in [0.1, 0.15) is 0 Å². The predicted octanol–water partition coefficient (Wildman–Crippen LogP) is 13.3. The number of hydrogen-bond donors (Lipinski definition) is 2. The van der Waals surface area contributed by atoms with Gasteiger partial charge in [-0.3, -0.25) is 5.41 Å². The van der Waals surface area contributed by atoms with Crippen molar-refractivity contribution in [2.45, 2.75) is 52.4 Å². The molecule has 7 rings (SSSR count). The van der Waals surface area contributed by atoms with Gasteiger partial charge in [-0.05, 0) is 132 Å². The van der Waals surface area contributed by atoms with E-state index in [1.165, 1.54) is 61.4 Å². The van der Waals surface area contributed by atoms with E-state index in [1.807, 2.05) is 0 Å². The maximum absolute atomic E-state index is 9.86. The summed E-state index contributed by atoms with van der Waals surface area (Å²) in [6.07, 6.45) is 7.23. The molecule has 270 valence electrons. The molecule has 0 aromatic heterocycles. The van der Waals surface area contributed by atoms with Crippen molar-refractivity contribution >= 4 is 5.71 Å². The molecule has 0 amide bonds. The van der Waals surface area contributed by atoms with Gasteiger partial charge in [-0.15, -0.1) is 0 Å². The van der Waals surface area contributed by atoms with E-state index in [0.717, 1.165) is 62.1 Å². The molecule has 0 aliphatic rings. The first-order chi connectivity index (χ1) is 26.5. The SMILES string of the molecule is CN.Cc1cccc(C)c1C(=N)c1cc(-c2ccccc2)cc(-c2ccccc2)c1-c1cccc(-c2cccc(CCCCCCc3ccccc3)c2)c1. The summed E-state index contributed by atoms with van der Waals surface area (Å²) in [5, 5.41) is 9.86. The highest BCUT2D eigenvalue weighted by Crippen LogP contribution is 2.41. The van der Waals surface area contributed by atoms with Crippen molar-refractivity contribution in [2.75, 3.05) is 7.05 Å². The van der Waals surface area contributed by atoms with E-state index < -0.39 is 0 Å². The number of nitrogens with two attached hydrogens (primary N) is 1. The van der Waals surface area contributed by atoms with Crippen LogP contribution in [-0.2, 0) is 12.8 Å². The van der Waals surface area contributed by atoms with Gasteiger partial charge in [0, 0.05) is 11.1 Å². The molecule has 0 saturated heterocycles. The van der Waals surface area contributed by atoms with E-state index >= 15 is 0 Å². The molecule has 0 saturated carbocycles. The Morgan fingerprint density at radius 3 is 1.56 bits per heavy atom. The minimum Gasteiger partial charge on any atom is -0.333 e. The zero-order chi connectivity index (χ0) is 37.7. The summed E-state index contributed by atoms with van der Waals surface area (Å²) in [7, 11) is 1.50. The summed E-state index contributed by atoms with van der Waals surface area (Å²) in [5.41, 5.74) is 21.2. The van der Waals surface area contributed by atoms with Crippen molar-refractivity contribution in [3.8, 4) is 44.5 Å². The smallest absolute Gasteiger partial charge is 0.0696 e. The van der Waals surface area contributed by atoms with Gasteiger partial charge < -0.3 is 5.73 Å². The Hall–Kier alpha value is -5.83. The number of rotatable bonds is 13. The molecule has 0 atom stereocenters. The van der Waals surface area contributed by atoms with Gasteiger partial charge in [0.05, 0.1) is 5.71 Å². The van der Waals surface area contributed by atoms with Crippen LogP contribution in [0.5, 0.6) is 0 Å². The quantitative estimate of drug-likeness (QED) is 0.0911. The standard InChI is InChI=1S/C51H47N.CH5N/c1-37-19-16-20-38(2)49(37)51(52)48-36-46(41-26-12-6-13-27-41)35-47(42-28-14-7-15-29-42)50(48)45-32-18-31-44(34-45)43-30-17-25-40(33-43)24-9-4-3-8-21-39-22-10-5-11-23-39;1-2/h5-7,10-20,22-23,25-36,52H,3-4,8-9,21,24H2,1-2H3;2H2,1H3. The zero-order valence-electron chi connectivity index (χ0n) is 32.0. The summed E-state index contributed by atoms with van der Waals surface area (Å²) in [6, 6.07) is 61.0. The van der Waals surface area contributed by atoms with Crippen LogP contribution in [0.15, 0.2) is 170 Å². The number of nitrogens with one attached hydrogen (secondary N) is 1. The molecule has 7 aromatic rings. The lowest BCUT2D eigenvalue weighted by Crippen LogP contribution is -2.09. The second kappa shape index (κ2) is 18.8. The maximum atomic E-state index is 9.86. The second-order valence-corrected chi connectivity index (χ2v) is 14.0. The third kappa shape index (κ3) is 9.20. The van der Waals surface area contributed by atoms with Gasteiger partial charge >= 0.3 is 0 Å². The van der Waals surface area contributed by atoms with Crippen molar-refractivity contribution in [3.05, 3.63) is 203 Å². The Balaban J connectivity index is 0.00000245. The highest BCUT2D eigenvalue weighted by atomic mass is 14.4. The van der Waals surface area contributed by atoms with Crippen molar-refractivity contribution in [1.29, 1.82) is 5.41 Å². The van der Waals surface area contributed by atoms with Crippen LogP contribution in [0.25, 0.3) is 44.5 Å². The molecule has 0 fully saturated rings. The average molecular weight is 705 g/mol. The molecule has 0 unspecified atom stereocenters. The van der Waals surface area contributed by atoms with Gasteiger partial charge in [0.15, 0.2) is 0 Å². The fraction of sp³-hybridized carbons (Fsp3) is 0.173. The van der Waals surface area contributed by atoms with E-state index in [-0.39, 0.29) is 0 Å². The van der Waals surface area contributed by atoms with Crippen molar-refractivity contribution in [1.82, 2.24) is 0 Å². The lowest BCUT2D eigenvalue weighted by molar-refractivity contribution is 0.640. The molecule has 0 radical (unpaired) electrons. The van der Waals surface area contributed by atoms with Crippen LogP contribution in [0.3, 0.4) is 0 Å². The van der Waals surface area contributed by atoms with Crippen molar-refractivity contribution in [2.24, 2.45) is 5.73 Å². The van der Waals surface area contributed by atoms with Crippen LogP contribution in [0.1, 0.15) is 59.1 Å². The molecule has 0 heterocycles. The average Bonchev–Trinajstić information content (AvgIpc) is 3.23. The molecule has 0 aliphatic heterocycles. The van der Waals surface area contributed by atoms with Crippen LogP contribution >= 0.6 is 0 Å². The molecule has 0 spiro atoms. The van der Waals surface area contributed by atoms with Crippen LogP contribution in [0.4, 0.5) is 0 Å². The molecule has 54 heavy (non-hydrogen) atoms.